The summed E-state index contributed by atoms with van der Waals surface area (Å²) in [5.41, 5.74) is 1.50. The lowest BCUT2D eigenvalue weighted by Crippen LogP contribution is -2.67. The molecule has 2 fully saturated rings. The average molecular weight is 366 g/mol. The number of carbonyl (C=O) groups excluding carboxylic acids is 1. The first-order valence-corrected chi connectivity index (χ1v) is 8.47. The lowest BCUT2D eigenvalue weighted by atomic mass is 10.1. The molecule has 140 valence electrons. The molecule has 0 spiro atoms. The molecule has 0 aliphatic carbocycles. The Bertz CT molecular complexity index is 804. The van der Waals surface area contributed by atoms with Crippen molar-refractivity contribution in [3.8, 4) is 0 Å². The molecule has 2 aliphatic rings. The normalized spacial score (nSPS) is 25.1. The largest absolute Gasteiger partial charge is 0.352 e. The summed E-state index contributed by atoms with van der Waals surface area (Å²) in [5, 5.41) is 5.57. The molecule has 2 N–H and O–H groups in total. The lowest BCUT2D eigenvalue weighted by Gasteiger charge is -2.43. The van der Waals surface area contributed by atoms with Gasteiger partial charge in [-0.2, -0.15) is 0 Å². The summed E-state index contributed by atoms with van der Waals surface area (Å²) < 4.78 is 27.8. The summed E-state index contributed by atoms with van der Waals surface area (Å²) in [6, 6.07) is -1.11. The molecular weight excluding hydrogens is 346 g/mol. The van der Waals surface area contributed by atoms with Gasteiger partial charge < -0.3 is 14.8 Å². The highest BCUT2D eigenvalue weighted by molar-refractivity contribution is 5.83. The second-order valence-corrected chi connectivity index (χ2v) is 6.53. The Morgan fingerprint density at radius 1 is 1.19 bits per heavy atom. The Morgan fingerprint density at radius 3 is 2.69 bits per heavy atom. The van der Waals surface area contributed by atoms with Crippen LogP contribution in [0.5, 0.6) is 0 Å². The Morgan fingerprint density at radius 2 is 1.96 bits per heavy atom. The van der Waals surface area contributed by atoms with Crippen LogP contribution >= 0.6 is 0 Å². The van der Waals surface area contributed by atoms with E-state index in [1.54, 1.807) is 6.33 Å². The van der Waals surface area contributed by atoms with Crippen LogP contribution in [0.1, 0.15) is 6.42 Å². The van der Waals surface area contributed by atoms with Gasteiger partial charge in [0.1, 0.15) is 18.1 Å². The number of halogens is 2. The minimum atomic E-state index is -2.57. The fourth-order valence-corrected chi connectivity index (χ4v) is 3.47. The molecule has 2 unspecified atom stereocenters. The van der Waals surface area contributed by atoms with Gasteiger partial charge in [-0.3, -0.25) is 15.0 Å². The number of nitrogens with one attached hydrogen (secondary N) is 2. The number of nitrogens with zero attached hydrogens (tertiary/aromatic N) is 6. The third-order valence-corrected chi connectivity index (χ3v) is 4.85. The van der Waals surface area contributed by atoms with Gasteiger partial charge in [-0.25, -0.2) is 23.7 Å². The molecule has 1 amide bonds. The van der Waals surface area contributed by atoms with Gasteiger partial charge in [0.2, 0.25) is 5.91 Å². The lowest BCUT2D eigenvalue weighted by molar-refractivity contribution is -0.129. The van der Waals surface area contributed by atoms with E-state index in [0.717, 1.165) is 11.3 Å². The van der Waals surface area contributed by atoms with Crippen LogP contribution in [0.4, 0.5) is 14.6 Å². The molecule has 2 aromatic heterocycles. The quantitative estimate of drug-likeness (QED) is 0.758. The number of hydrogen-bond acceptors (Lipinski definition) is 7. The molecule has 0 bridgehead atoms. The summed E-state index contributed by atoms with van der Waals surface area (Å²) in [6.45, 7) is 2.53. The minimum Gasteiger partial charge on any atom is -0.352 e. The van der Waals surface area contributed by atoms with E-state index in [4.69, 9.17) is 0 Å². The number of hydrogen-bond donors (Lipinski definition) is 2. The molecule has 11 heteroatoms. The molecule has 2 aliphatic heterocycles. The number of piperazine rings is 1. The molecular formula is C15H20F2N8O. The molecule has 2 saturated heterocycles. The number of carbonyl (C=O) groups is 1. The summed E-state index contributed by atoms with van der Waals surface area (Å²) in [4.78, 5) is 28.6. The van der Waals surface area contributed by atoms with Crippen molar-refractivity contribution in [2.45, 2.75) is 25.2 Å². The highest BCUT2D eigenvalue weighted by atomic mass is 19.3. The number of aromatic nitrogens is 4. The van der Waals surface area contributed by atoms with Crippen molar-refractivity contribution in [1.29, 1.82) is 0 Å². The van der Waals surface area contributed by atoms with Crippen molar-refractivity contribution in [3.63, 3.8) is 0 Å². The Hall–Kier alpha value is -2.40. The topological polar surface area (TPSA) is 91.2 Å². The number of imidazole rings is 1. The maximum Gasteiger partial charge on any atom is 0.254 e. The third kappa shape index (κ3) is 3.07. The van der Waals surface area contributed by atoms with E-state index in [2.05, 4.69) is 30.5 Å². The van der Waals surface area contributed by atoms with Gasteiger partial charge in [-0.1, -0.05) is 0 Å². The first kappa shape index (κ1) is 17.0. The fourth-order valence-electron chi connectivity index (χ4n) is 3.47. The predicted molar refractivity (Wildman–Crippen MR) is 89.6 cm³/mol. The number of alkyl halides is 2. The van der Waals surface area contributed by atoms with Gasteiger partial charge in [-0.05, 0) is 0 Å². The van der Waals surface area contributed by atoms with Crippen molar-refractivity contribution in [2.75, 3.05) is 31.1 Å². The molecule has 0 saturated carbocycles. The molecule has 2 aromatic rings. The Labute approximate surface area is 148 Å². The number of rotatable bonds is 3. The first-order chi connectivity index (χ1) is 12.5. The molecule has 2 atom stereocenters. The van der Waals surface area contributed by atoms with Crippen LogP contribution in [0.25, 0.3) is 11.2 Å². The van der Waals surface area contributed by atoms with E-state index in [-0.39, 0.29) is 12.3 Å². The second kappa shape index (κ2) is 6.72. The van der Waals surface area contributed by atoms with Gasteiger partial charge in [0.25, 0.3) is 6.43 Å². The van der Waals surface area contributed by atoms with Gasteiger partial charge in [0.05, 0.1) is 12.4 Å². The molecule has 0 aromatic carbocycles. The fraction of sp³-hybridized carbons (Fsp3) is 0.600. The summed E-state index contributed by atoms with van der Waals surface area (Å²) >= 11 is 0. The molecule has 0 radical (unpaired) electrons. The number of amides is 1. The minimum absolute atomic E-state index is 0.201. The van der Waals surface area contributed by atoms with Crippen molar-refractivity contribution in [2.24, 2.45) is 7.05 Å². The zero-order valence-corrected chi connectivity index (χ0v) is 14.3. The van der Waals surface area contributed by atoms with Crippen molar-refractivity contribution in [1.82, 2.24) is 35.1 Å². The van der Waals surface area contributed by atoms with Crippen LogP contribution in [0.15, 0.2) is 12.7 Å². The third-order valence-electron chi connectivity index (χ3n) is 4.85. The van der Waals surface area contributed by atoms with Crippen molar-refractivity contribution < 1.29 is 13.6 Å². The van der Waals surface area contributed by atoms with E-state index in [9.17, 15) is 13.6 Å². The number of fused-ring (bicyclic) bond motifs is 1. The van der Waals surface area contributed by atoms with Crippen LogP contribution in [-0.2, 0) is 11.8 Å². The smallest absolute Gasteiger partial charge is 0.254 e. The van der Waals surface area contributed by atoms with Crippen molar-refractivity contribution in [3.05, 3.63) is 12.7 Å². The van der Waals surface area contributed by atoms with Gasteiger partial charge in [0, 0.05) is 39.6 Å². The number of anilines is 1. The SMILES string of the molecule is Cn1cnc2ncnc(N3CCN(C4NC(=O)CC(C(F)F)N4)CC3)c21. The molecule has 4 heterocycles. The number of aryl methyl sites for hydroxylation is 1. The van der Waals surface area contributed by atoms with Gasteiger partial charge in [0.15, 0.2) is 11.5 Å². The van der Waals surface area contributed by atoms with Crippen molar-refractivity contribution >= 4 is 22.9 Å². The summed E-state index contributed by atoms with van der Waals surface area (Å²) in [7, 11) is 1.89. The van der Waals surface area contributed by atoms with E-state index < -0.39 is 18.8 Å². The molecule has 26 heavy (non-hydrogen) atoms. The highest BCUT2D eigenvalue weighted by Gasteiger charge is 2.35. The van der Waals surface area contributed by atoms with Crippen LogP contribution in [-0.4, -0.2) is 75.3 Å². The zero-order chi connectivity index (χ0) is 18.3. The maximum atomic E-state index is 13.0. The Balaban J connectivity index is 1.45. The monoisotopic (exact) mass is 366 g/mol. The second-order valence-electron chi connectivity index (χ2n) is 6.53. The van der Waals surface area contributed by atoms with Crippen LogP contribution < -0.4 is 15.5 Å². The first-order valence-electron chi connectivity index (χ1n) is 8.47. The van der Waals surface area contributed by atoms with E-state index in [1.807, 2.05) is 16.5 Å². The average Bonchev–Trinajstić information content (AvgIpc) is 3.03. The summed E-state index contributed by atoms with van der Waals surface area (Å²) in [5.74, 6) is 0.453. The molecule has 4 rings (SSSR count). The highest BCUT2D eigenvalue weighted by Crippen LogP contribution is 2.23. The standard InChI is InChI=1S/C15H20F2N8O/c1-23-8-20-13-11(23)14(19-7-18-13)24-2-4-25(5-3-24)15-21-9(12(16)17)6-10(26)22-15/h7-9,12,15,21H,2-6H2,1H3,(H,22,26). The maximum absolute atomic E-state index is 13.0. The summed E-state index contributed by atoms with van der Waals surface area (Å²) in [6.07, 6.45) is -0.144. The molecule has 9 nitrogen and oxygen atoms in total. The van der Waals surface area contributed by atoms with Crippen LogP contribution in [0.3, 0.4) is 0 Å². The van der Waals surface area contributed by atoms with E-state index in [1.165, 1.54) is 6.33 Å². The van der Waals surface area contributed by atoms with E-state index in [0.29, 0.717) is 31.8 Å². The Kier molecular flexibility index (Phi) is 4.41. The predicted octanol–water partition coefficient (Wildman–Crippen LogP) is -0.488. The van der Waals surface area contributed by atoms with Crippen LogP contribution in [0.2, 0.25) is 0 Å². The van der Waals surface area contributed by atoms with Crippen LogP contribution in [0, 0.1) is 0 Å². The van der Waals surface area contributed by atoms with Gasteiger partial charge >= 0.3 is 0 Å². The van der Waals surface area contributed by atoms with Gasteiger partial charge in [-0.15, -0.1) is 0 Å². The zero-order valence-electron chi connectivity index (χ0n) is 14.3. The van der Waals surface area contributed by atoms with E-state index >= 15 is 0 Å².